The van der Waals surface area contributed by atoms with Crippen LogP contribution in [0.4, 0.5) is 5.69 Å². The molecule has 1 rings (SSSR count). The van der Waals surface area contributed by atoms with Crippen molar-refractivity contribution in [2.75, 3.05) is 18.5 Å². The molecule has 0 N–H and O–H groups in total. The highest BCUT2D eigenvalue weighted by molar-refractivity contribution is 5.47. The summed E-state index contributed by atoms with van der Waals surface area (Å²) in [6.45, 7) is 7.19. The van der Waals surface area contributed by atoms with Crippen molar-refractivity contribution in [1.82, 2.24) is 0 Å². The molecule has 1 unspecified atom stereocenters. The highest BCUT2D eigenvalue weighted by Crippen LogP contribution is 2.18. The monoisotopic (exact) mass is 244 g/mol. The van der Waals surface area contributed by atoms with Crippen molar-refractivity contribution in [2.24, 2.45) is 11.8 Å². The van der Waals surface area contributed by atoms with Gasteiger partial charge < -0.3 is 4.90 Å². The topological polar surface area (TPSA) is 27.0 Å². The molecule has 0 saturated heterocycles. The first-order valence-electron chi connectivity index (χ1n) is 6.78. The zero-order valence-corrected chi connectivity index (χ0v) is 12.0. The van der Waals surface area contributed by atoms with Crippen LogP contribution in [0.3, 0.4) is 0 Å². The first-order valence-corrected chi connectivity index (χ1v) is 6.78. The van der Waals surface area contributed by atoms with Crippen molar-refractivity contribution >= 4 is 5.69 Å². The van der Waals surface area contributed by atoms with Crippen LogP contribution in [0.5, 0.6) is 0 Å². The van der Waals surface area contributed by atoms with Crippen molar-refractivity contribution in [3.05, 3.63) is 29.8 Å². The second-order valence-corrected chi connectivity index (χ2v) is 5.28. The molecule has 0 bridgehead atoms. The molecule has 0 amide bonds. The summed E-state index contributed by atoms with van der Waals surface area (Å²) < 4.78 is 0. The quantitative estimate of drug-likeness (QED) is 0.759. The molecule has 2 heteroatoms. The molecule has 0 aliphatic carbocycles. The van der Waals surface area contributed by atoms with Crippen LogP contribution in [0.1, 0.15) is 32.8 Å². The zero-order valence-electron chi connectivity index (χ0n) is 12.0. The zero-order chi connectivity index (χ0) is 13.5. The van der Waals surface area contributed by atoms with Crippen molar-refractivity contribution in [3.63, 3.8) is 0 Å². The molecular formula is C16H24N2. The number of anilines is 1. The third-order valence-corrected chi connectivity index (χ3v) is 3.36. The summed E-state index contributed by atoms with van der Waals surface area (Å²) in [5.74, 6) is 0.488. The minimum atomic E-state index is 0.0883. The summed E-state index contributed by atoms with van der Waals surface area (Å²) in [6.07, 6.45) is 2.32. The molecular weight excluding hydrogens is 220 g/mol. The van der Waals surface area contributed by atoms with E-state index in [1.165, 1.54) is 17.7 Å². The van der Waals surface area contributed by atoms with Crippen LogP contribution in [0.2, 0.25) is 0 Å². The van der Waals surface area contributed by atoms with Gasteiger partial charge in [-0.15, -0.1) is 0 Å². The molecule has 0 radical (unpaired) electrons. The lowest BCUT2D eigenvalue weighted by Crippen LogP contribution is -2.27. The Kier molecular flexibility index (Phi) is 5.71. The first-order chi connectivity index (χ1) is 8.58. The Morgan fingerprint density at radius 3 is 2.28 bits per heavy atom. The Morgan fingerprint density at radius 2 is 1.83 bits per heavy atom. The summed E-state index contributed by atoms with van der Waals surface area (Å²) in [5, 5.41) is 9.13. The highest BCUT2D eigenvalue weighted by Gasteiger charge is 2.15. The first kappa shape index (κ1) is 14.6. The normalized spacial score (nSPS) is 12.2. The fourth-order valence-corrected chi connectivity index (χ4v) is 2.01. The van der Waals surface area contributed by atoms with Gasteiger partial charge in [0.15, 0.2) is 0 Å². The highest BCUT2D eigenvalue weighted by atomic mass is 15.1. The summed E-state index contributed by atoms with van der Waals surface area (Å²) in [6, 6.07) is 11.1. The molecule has 0 fully saturated rings. The molecule has 0 aliphatic rings. The van der Waals surface area contributed by atoms with Crippen LogP contribution in [0.25, 0.3) is 0 Å². The van der Waals surface area contributed by atoms with Crippen LogP contribution >= 0.6 is 0 Å². The molecule has 0 heterocycles. The molecule has 0 saturated carbocycles. The van der Waals surface area contributed by atoms with E-state index in [2.05, 4.69) is 63.1 Å². The van der Waals surface area contributed by atoms with Gasteiger partial charge in [-0.05, 0) is 30.0 Å². The van der Waals surface area contributed by atoms with E-state index in [0.717, 1.165) is 13.0 Å². The van der Waals surface area contributed by atoms with Crippen molar-refractivity contribution < 1.29 is 0 Å². The molecule has 1 aromatic carbocycles. The van der Waals surface area contributed by atoms with E-state index in [-0.39, 0.29) is 5.92 Å². The Morgan fingerprint density at radius 1 is 1.22 bits per heavy atom. The maximum atomic E-state index is 9.13. The Balaban J connectivity index is 2.66. The van der Waals surface area contributed by atoms with Crippen LogP contribution in [0, 0.1) is 23.2 Å². The minimum absolute atomic E-state index is 0.0883. The van der Waals surface area contributed by atoms with Gasteiger partial charge in [0.1, 0.15) is 0 Å². The van der Waals surface area contributed by atoms with Gasteiger partial charge in [0.2, 0.25) is 0 Å². The van der Waals surface area contributed by atoms with E-state index < -0.39 is 0 Å². The van der Waals surface area contributed by atoms with Crippen LogP contribution in [-0.4, -0.2) is 13.6 Å². The average Bonchev–Trinajstić information content (AvgIpc) is 2.36. The molecule has 0 aromatic heterocycles. The van der Waals surface area contributed by atoms with Crippen molar-refractivity contribution in [3.8, 4) is 6.07 Å². The van der Waals surface area contributed by atoms with Gasteiger partial charge >= 0.3 is 0 Å². The fourth-order valence-electron chi connectivity index (χ4n) is 2.01. The lowest BCUT2D eigenvalue weighted by atomic mass is 9.97. The van der Waals surface area contributed by atoms with Gasteiger partial charge in [0, 0.05) is 19.3 Å². The predicted octanol–water partition coefficient (Wildman–Crippen LogP) is 3.87. The Bertz CT molecular complexity index is 387. The Labute approximate surface area is 111 Å². The third kappa shape index (κ3) is 4.07. The van der Waals surface area contributed by atoms with Gasteiger partial charge in [-0.3, -0.25) is 0 Å². The van der Waals surface area contributed by atoms with E-state index >= 15 is 0 Å². The maximum Gasteiger partial charge on any atom is 0.0677 e. The molecule has 18 heavy (non-hydrogen) atoms. The van der Waals surface area contributed by atoms with Crippen LogP contribution in [-0.2, 0) is 6.42 Å². The SMILES string of the molecule is CCCc1ccc(N(C)CC(C#N)C(C)C)cc1. The van der Waals surface area contributed by atoms with E-state index in [0.29, 0.717) is 5.92 Å². The standard InChI is InChI=1S/C16H24N2/c1-5-6-14-7-9-16(10-8-14)18(4)12-15(11-17)13(2)3/h7-10,13,15H,5-6,12H2,1-4H3. The fraction of sp³-hybridized carbons (Fsp3) is 0.562. The van der Waals surface area contributed by atoms with E-state index in [1.54, 1.807) is 0 Å². The molecule has 0 aliphatic heterocycles. The number of nitriles is 1. The minimum Gasteiger partial charge on any atom is -0.373 e. The third-order valence-electron chi connectivity index (χ3n) is 3.36. The van der Waals surface area contributed by atoms with Gasteiger partial charge in [0.05, 0.1) is 12.0 Å². The van der Waals surface area contributed by atoms with Crippen molar-refractivity contribution in [2.45, 2.75) is 33.6 Å². The smallest absolute Gasteiger partial charge is 0.0677 e. The average molecular weight is 244 g/mol. The number of hydrogen-bond donors (Lipinski definition) is 0. The maximum absolute atomic E-state index is 9.13. The molecule has 98 valence electrons. The van der Waals surface area contributed by atoms with Gasteiger partial charge in [0.25, 0.3) is 0 Å². The Hall–Kier alpha value is -1.49. The second-order valence-electron chi connectivity index (χ2n) is 5.28. The number of nitrogens with zero attached hydrogens (tertiary/aromatic N) is 2. The molecule has 1 atom stereocenters. The van der Waals surface area contributed by atoms with E-state index in [1.807, 2.05) is 0 Å². The lowest BCUT2D eigenvalue weighted by molar-refractivity contribution is 0.477. The summed E-state index contributed by atoms with van der Waals surface area (Å²) in [7, 11) is 2.06. The van der Waals surface area contributed by atoms with Gasteiger partial charge in [-0.2, -0.15) is 5.26 Å². The van der Waals surface area contributed by atoms with Gasteiger partial charge in [-0.25, -0.2) is 0 Å². The van der Waals surface area contributed by atoms with E-state index in [9.17, 15) is 0 Å². The number of aryl methyl sites for hydroxylation is 1. The van der Waals surface area contributed by atoms with E-state index in [4.69, 9.17) is 5.26 Å². The van der Waals surface area contributed by atoms with Crippen molar-refractivity contribution in [1.29, 1.82) is 5.26 Å². The molecule has 0 spiro atoms. The second kappa shape index (κ2) is 7.06. The van der Waals surface area contributed by atoms with Gasteiger partial charge in [-0.1, -0.05) is 39.3 Å². The lowest BCUT2D eigenvalue weighted by Gasteiger charge is -2.24. The number of hydrogen-bond acceptors (Lipinski definition) is 2. The largest absolute Gasteiger partial charge is 0.373 e. The number of benzene rings is 1. The summed E-state index contributed by atoms with van der Waals surface area (Å²) in [4.78, 5) is 2.17. The summed E-state index contributed by atoms with van der Waals surface area (Å²) >= 11 is 0. The molecule has 1 aromatic rings. The molecule has 2 nitrogen and oxygen atoms in total. The summed E-state index contributed by atoms with van der Waals surface area (Å²) in [5.41, 5.74) is 2.58. The van der Waals surface area contributed by atoms with Crippen LogP contribution in [0.15, 0.2) is 24.3 Å². The predicted molar refractivity (Wildman–Crippen MR) is 77.6 cm³/mol. The van der Waals surface area contributed by atoms with Crippen LogP contribution < -0.4 is 4.90 Å². The number of rotatable bonds is 6.